The highest BCUT2D eigenvalue weighted by molar-refractivity contribution is 6.31. The third kappa shape index (κ3) is 2.31. The van der Waals surface area contributed by atoms with Gasteiger partial charge in [-0.1, -0.05) is 59.6 Å². The molecule has 4 rings (SSSR count). The monoisotopic (exact) mass is 313 g/mol. The molecule has 0 N–H and O–H groups in total. The summed E-state index contributed by atoms with van der Waals surface area (Å²) in [6, 6.07) is 18.3. The molecule has 1 nitrogen and oxygen atoms in total. The van der Waals surface area contributed by atoms with Crippen LogP contribution in [0, 0.1) is 0 Å². The third-order valence-corrected chi connectivity index (χ3v) is 4.75. The van der Waals surface area contributed by atoms with Crippen LogP contribution in [0.25, 0.3) is 11.3 Å². The Hall–Kier alpha value is -1.57. The molecule has 2 aliphatic carbocycles. The van der Waals surface area contributed by atoms with Gasteiger partial charge in [-0.25, -0.2) is 4.98 Å². The smallest absolute Gasteiger partial charge is 0.133 e. The van der Waals surface area contributed by atoms with Gasteiger partial charge in [0.25, 0.3) is 0 Å². The van der Waals surface area contributed by atoms with E-state index in [1.807, 2.05) is 36.4 Å². The molecule has 3 heteroatoms. The number of nitrogens with zero attached hydrogens (tertiary/aromatic N) is 1. The summed E-state index contributed by atoms with van der Waals surface area (Å²) in [5, 5.41) is 1.43. The minimum absolute atomic E-state index is 0.464. The van der Waals surface area contributed by atoms with Crippen molar-refractivity contribution in [2.24, 2.45) is 0 Å². The molecule has 21 heavy (non-hydrogen) atoms. The van der Waals surface area contributed by atoms with E-state index in [-0.39, 0.29) is 0 Å². The maximum absolute atomic E-state index is 6.39. The van der Waals surface area contributed by atoms with Crippen molar-refractivity contribution >= 4 is 23.2 Å². The second-order valence-corrected chi connectivity index (χ2v) is 6.32. The second kappa shape index (κ2) is 5.01. The molecule has 104 valence electrons. The lowest BCUT2D eigenvalue weighted by Gasteiger charge is -2.02. The number of rotatable bonds is 2. The summed E-state index contributed by atoms with van der Waals surface area (Å²) in [5.74, 6) is 0.990. The number of fused-ring (bicyclic) bond motifs is 1. The molecule has 0 bridgehead atoms. The number of hydrogen-bond acceptors (Lipinski definition) is 1. The van der Waals surface area contributed by atoms with Crippen LogP contribution in [-0.4, -0.2) is 4.98 Å². The van der Waals surface area contributed by atoms with E-state index in [9.17, 15) is 0 Å². The van der Waals surface area contributed by atoms with Crippen LogP contribution in [-0.2, 0) is 0 Å². The minimum atomic E-state index is 0.464. The predicted molar refractivity (Wildman–Crippen MR) is 87.4 cm³/mol. The maximum atomic E-state index is 6.39. The maximum Gasteiger partial charge on any atom is 0.133 e. The van der Waals surface area contributed by atoms with Crippen molar-refractivity contribution < 1.29 is 0 Å². The van der Waals surface area contributed by atoms with Gasteiger partial charge in [0.05, 0.1) is 5.69 Å². The van der Waals surface area contributed by atoms with E-state index in [0.29, 0.717) is 17.0 Å². The first-order valence-corrected chi connectivity index (χ1v) is 7.79. The molecule has 0 saturated heterocycles. The van der Waals surface area contributed by atoms with Gasteiger partial charge in [-0.2, -0.15) is 0 Å². The van der Waals surface area contributed by atoms with Crippen LogP contribution in [0.5, 0.6) is 0 Å². The van der Waals surface area contributed by atoms with Crippen molar-refractivity contribution in [2.75, 3.05) is 0 Å². The number of halogens is 2. The molecular weight excluding hydrogens is 301 g/mol. The SMILES string of the molecule is Clc1ccc([C@H]2C[C@@H]2c2c3cccccc-3nc2Cl)cc1. The van der Waals surface area contributed by atoms with Gasteiger partial charge in [-0.3, -0.25) is 0 Å². The summed E-state index contributed by atoms with van der Waals surface area (Å²) in [6.07, 6.45) is 1.13. The van der Waals surface area contributed by atoms with Crippen LogP contribution in [0.1, 0.15) is 29.4 Å². The highest BCUT2D eigenvalue weighted by Crippen LogP contribution is 2.58. The molecule has 0 radical (unpaired) electrons. The fourth-order valence-corrected chi connectivity index (χ4v) is 3.54. The Kier molecular flexibility index (Phi) is 3.13. The Morgan fingerprint density at radius 1 is 0.857 bits per heavy atom. The Morgan fingerprint density at radius 3 is 2.43 bits per heavy atom. The van der Waals surface area contributed by atoms with Gasteiger partial charge in [0, 0.05) is 16.1 Å². The van der Waals surface area contributed by atoms with Gasteiger partial charge in [0.2, 0.25) is 0 Å². The molecule has 1 aromatic rings. The average molecular weight is 314 g/mol. The summed E-state index contributed by atoms with van der Waals surface area (Å²) in [7, 11) is 0. The van der Waals surface area contributed by atoms with Crippen molar-refractivity contribution in [3.05, 3.63) is 75.9 Å². The number of aromatic nitrogens is 1. The fraction of sp³-hybridized carbons (Fsp3) is 0.167. The van der Waals surface area contributed by atoms with Crippen molar-refractivity contribution in [2.45, 2.75) is 18.3 Å². The summed E-state index contributed by atoms with van der Waals surface area (Å²) in [6.45, 7) is 0. The highest BCUT2D eigenvalue weighted by Gasteiger charge is 2.43. The average Bonchev–Trinajstić information content (AvgIpc) is 3.23. The van der Waals surface area contributed by atoms with E-state index in [2.05, 4.69) is 23.2 Å². The Balaban J connectivity index is 1.71. The summed E-state index contributed by atoms with van der Waals surface area (Å²) < 4.78 is 0. The first kappa shape index (κ1) is 13.1. The minimum Gasteiger partial charge on any atom is -0.236 e. The van der Waals surface area contributed by atoms with E-state index >= 15 is 0 Å². The van der Waals surface area contributed by atoms with Gasteiger partial charge in [-0.15, -0.1) is 0 Å². The molecule has 3 aliphatic rings. The Labute approximate surface area is 133 Å². The van der Waals surface area contributed by atoms with Crippen LogP contribution in [0.15, 0.2) is 54.6 Å². The van der Waals surface area contributed by atoms with Crippen LogP contribution in [0.3, 0.4) is 0 Å². The molecule has 2 atom stereocenters. The van der Waals surface area contributed by atoms with Crippen LogP contribution in [0.4, 0.5) is 0 Å². The third-order valence-electron chi connectivity index (χ3n) is 4.21. The zero-order chi connectivity index (χ0) is 14.4. The largest absolute Gasteiger partial charge is 0.236 e. The molecule has 0 amide bonds. The number of benzene rings is 1. The van der Waals surface area contributed by atoms with Gasteiger partial charge in [-0.05, 0) is 42.0 Å². The van der Waals surface area contributed by atoms with Gasteiger partial charge >= 0.3 is 0 Å². The lowest BCUT2D eigenvalue weighted by molar-refractivity contribution is 1.03. The molecule has 0 spiro atoms. The summed E-state index contributed by atoms with van der Waals surface area (Å²) in [5.41, 5.74) is 4.67. The molecular formula is C18H13Cl2N. The first-order valence-electron chi connectivity index (χ1n) is 7.03. The van der Waals surface area contributed by atoms with Crippen molar-refractivity contribution in [1.82, 2.24) is 4.98 Å². The highest BCUT2D eigenvalue weighted by atomic mass is 35.5. The molecule has 1 aliphatic heterocycles. The lowest BCUT2D eigenvalue weighted by Crippen LogP contribution is -1.85. The molecule has 1 saturated carbocycles. The molecule has 1 aromatic carbocycles. The second-order valence-electron chi connectivity index (χ2n) is 5.53. The van der Waals surface area contributed by atoms with Gasteiger partial charge in [0.1, 0.15) is 5.15 Å². The van der Waals surface area contributed by atoms with Crippen molar-refractivity contribution in [3.8, 4) is 11.3 Å². The first-order chi connectivity index (χ1) is 10.2. The van der Waals surface area contributed by atoms with E-state index in [0.717, 1.165) is 17.1 Å². The Bertz CT molecular complexity index is 767. The van der Waals surface area contributed by atoms with E-state index < -0.39 is 0 Å². The van der Waals surface area contributed by atoms with Crippen LogP contribution < -0.4 is 0 Å². The Morgan fingerprint density at radius 2 is 1.62 bits per heavy atom. The van der Waals surface area contributed by atoms with Crippen LogP contribution in [0.2, 0.25) is 10.2 Å². The van der Waals surface area contributed by atoms with E-state index in [4.69, 9.17) is 23.2 Å². The zero-order valence-corrected chi connectivity index (χ0v) is 12.8. The normalized spacial score (nSPS) is 20.7. The van der Waals surface area contributed by atoms with Gasteiger partial charge in [0.15, 0.2) is 0 Å². The molecule has 0 unspecified atom stereocenters. The van der Waals surface area contributed by atoms with E-state index in [1.165, 1.54) is 16.7 Å². The van der Waals surface area contributed by atoms with Crippen molar-refractivity contribution in [3.63, 3.8) is 0 Å². The summed E-state index contributed by atoms with van der Waals surface area (Å²) >= 11 is 12.4. The fourth-order valence-electron chi connectivity index (χ4n) is 3.09. The van der Waals surface area contributed by atoms with Gasteiger partial charge < -0.3 is 0 Å². The quantitative estimate of drug-likeness (QED) is 0.585. The zero-order valence-electron chi connectivity index (χ0n) is 11.3. The van der Waals surface area contributed by atoms with E-state index in [1.54, 1.807) is 0 Å². The number of hydrogen-bond donors (Lipinski definition) is 0. The predicted octanol–water partition coefficient (Wildman–Crippen LogP) is 5.76. The molecule has 1 fully saturated rings. The van der Waals surface area contributed by atoms with Crippen LogP contribution >= 0.6 is 23.2 Å². The van der Waals surface area contributed by atoms with Crippen molar-refractivity contribution in [1.29, 1.82) is 0 Å². The summed E-state index contributed by atoms with van der Waals surface area (Å²) in [4.78, 5) is 4.50. The topological polar surface area (TPSA) is 12.9 Å². The molecule has 0 aromatic heterocycles. The standard InChI is InChI=1S/C18H13Cl2N/c19-12-8-6-11(7-9-12)14-10-15(14)17-13-4-2-1-3-5-16(13)21-18(17)20/h1-9,14-15H,10H2/t14-,15+/m1/s1. The molecule has 1 heterocycles. The lowest BCUT2D eigenvalue weighted by atomic mass is 10.0.